The molecule has 0 unspecified atom stereocenters. The zero-order valence-electron chi connectivity index (χ0n) is 13.4. The Labute approximate surface area is 145 Å². The zero-order valence-corrected chi connectivity index (χ0v) is 14.2. The highest BCUT2D eigenvalue weighted by atomic mass is 32.1. The molecule has 0 bridgehead atoms. The first-order valence-electron chi connectivity index (χ1n) is 7.83. The number of amides is 1. The van der Waals surface area contributed by atoms with E-state index in [4.69, 9.17) is 9.15 Å². The van der Waals surface area contributed by atoms with Gasteiger partial charge in [0.2, 0.25) is 0 Å². The Hall–Kier alpha value is -2.53. The number of nitrogens with one attached hydrogen (secondary N) is 1. The molecular weight excluding hydrogens is 322 g/mol. The van der Waals surface area contributed by atoms with Crippen LogP contribution in [0.1, 0.15) is 11.8 Å². The van der Waals surface area contributed by atoms with Crippen LogP contribution in [0.15, 0.2) is 65.5 Å². The van der Waals surface area contributed by atoms with Gasteiger partial charge in [0.1, 0.15) is 5.75 Å². The molecule has 1 N–H and O–H groups in total. The largest absolute Gasteiger partial charge is 0.481 e. The molecule has 0 radical (unpaired) electrons. The van der Waals surface area contributed by atoms with Crippen molar-refractivity contribution in [2.75, 3.05) is 6.54 Å². The summed E-state index contributed by atoms with van der Waals surface area (Å²) >= 11 is 1.71. The third kappa shape index (κ3) is 4.26. The Morgan fingerprint density at radius 2 is 2.04 bits per heavy atom. The fourth-order valence-corrected chi connectivity index (χ4v) is 3.27. The van der Waals surface area contributed by atoms with Crippen LogP contribution in [0.2, 0.25) is 0 Å². The second-order valence-electron chi connectivity index (χ2n) is 5.39. The average molecular weight is 341 g/mol. The number of carbonyl (C=O) groups excluding carboxylic acids is 1. The lowest BCUT2D eigenvalue weighted by molar-refractivity contribution is -0.127. The molecule has 0 spiro atoms. The minimum atomic E-state index is -0.516. The molecule has 0 saturated heterocycles. The van der Waals surface area contributed by atoms with Crippen LogP contribution >= 0.6 is 11.3 Å². The Morgan fingerprint density at radius 1 is 1.21 bits per heavy atom. The normalized spacial score (nSPS) is 11.9. The summed E-state index contributed by atoms with van der Waals surface area (Å²) in [6.07, 6.45) is 3.69. The van der Waals surface area contributed by atoms with Gasteiger partial charge < -0.3 is 14.5 Å². The van der Waals surface area contributed by atoms with Crippen LogP contribution in [0.3, 0.4) is 0 Å². The molecule has 1 amide bonds. The minimum Gasteiger partial charge on any atom is -0.481 e. The molecule has 124 valence electrons. The fourth-order valence-electron chi connectivity index (χ4n) is 2.28. The summed E-state index contributed by atoms with van der Waals surface area (Å²) in [6.45, 7) is 2.34. The van der Waals surface area contributed by atoms with E-state index in [1.807, 2.05) is 36.4 Å². The summed E-state index contributed by atoms with van der Waals surface area (Å²) in [5.74, 6) is 0.591. The Bertz CT molecular complexity index is 765. The fraction of sp³-hybridized carbons (Fsp3) is 0.211. The van der Waals surface area contributed by atoms with Gasteiger partial charge in [-0.25, -0.2) is 0 Å². The van der Waals surface area contributed by atoms with Gasteiger partial charge in [-0.15, -0.1) is 11.3 Å². The molecule has 3 aromatic rings. The molecular formula is C19H19NO3S. The Kier molecular flexibility index (Phi) is 5.33. The lowest BCUT2D eigenvalue weighted by Crippen LogP contribution is -2.37. The molecule has 4 nitrogen and oxygen atoms in total. The van der Waals surface area contributed by atoms with Crippen LogP contribution in [-0.2, 0) is 11.2 Å². The summed E-state index contributed by atoms with van der Waals surface area (Å²) in [7, 11) is 0. The van der Waals surface area contributed by atoms with Crippen LogP contribution in [0.4, 0.5) is 0 Å². The van der Waals surface area contributed by atoms with Crippen molar-refractivity contribution < 1.29 is 13.9 Å². The molecule has 2 aromatic heterocycles. The molecule has 24 heavy (non-hydrogen) atoms. The van der Waals surface area contributed by atoms with Gasteiger partial charge in [-0.05, 0) is 43.7 Å². The number of ether oxygens (including phenoxy) is 1. The number of para-hydroxylation sites is 1. The monoisotopic (exact) mass is 341 g/mol. The summed E-state index contributed by atoms with van der Waals surface area (Å²) in [5.41, 5.74) is 1.08. The van der Waals surface area contributed by atoms with Crippen molar-refractivity contribution >= 4 is 17.2 Å². The van der Waals surface area contributed by atoms with Gasteiger partial charge in [0, 0.05) is 21.9 Å². The van der Waals surface area contributed by atoms with Crippen molar-refractivity contribution in [1.82, 2.24) is 5.32 Å². The number of furan rings is 1. The van der Waals surface area contributed by atoms with Crippen molar-refractivity contribution in [1.29, 1.82) is 0 Å². The van der Waals surface area contributed by atoms with Gasteiger partial charge in [-0.1, -0.05) is 18.2 Å². The molecule has 0 aliphatic carbocycles. The Morgan fingerprint density at radius 3 is 2.79 bits per heavy atom. The van der Waals surface area contributed by atoms with Crippen molar-refractivity contribution in [3.8, 4) is 16.2 Å². The average Bonchev–Trinajstić information content (AvgIpc) is 3.27. The van der Waals surface area contributed by atoms with E-state index >= 15 is 0 Å². The van der Waals surface area contributed by atoms with Crippen molar-refractivity contribution in [3.63, 3.8) is 0 Å². The van der Waals surface area contributed by atoms with E-state index in [1.165, 1.54) is 9.75 Å². The van der Waals surface area contributed by atoms with Crippen LogP contribution in [0.25, 0.3) is 10.4 Å². The predicted octanol–water partition coefficient (Wildman–Crippen LogP) is 4.13. The zero-order chi connectivity index (χ0) is 16.8. The topological polar surface area (TPSA) is 51.5 Å². The van der Waals surface area contributed by atoms with Crippen LogP contribution in [0.5, 0.6) is 5.75 Å². The maximum Gasteiger partial charge on any atom is 0.260 e. The highest BCUT2D eigenvalue weighted by molar-refractivity contribution is 7.15. The standard InChI is InChI=1S/C19H19NO3S/c1-14(23-16-5-3-2-4-6-16)19(21)20-11-9-17-7-8-18(24-17)15-10-12-22-13-15/h2-8,10,12-14H,9,11H2,1H3,(H,20,21)/t14-/m0/s1. The molecule has 1 atom stereocenters. The van der Waals surface area contributed by atoms with Gasteiger partial charge >= 0.3 is 0 Å². The molecule has 5 heteroatoms. The second-order valence-corrected chi connectivity index (χ2v) is 6.56. The first kappa shape index (κ1) is 16.3. The van der Waals surface area contributed by atoms with Gasteiger partial charge in [0.05, 0.1) is 12.5 Å². The Balaban J connectivity index is 1.45. The first-order valence-corrected chi connectivity index (χ1v) is 8.65. The maximum atomic E-state index is 12.1. The van der Waals surface area contributed by atoms with Crippen molar-refractivity contribution in [2.24, 2.45) is 0 Å². The molecule has 0 aliphatic heterocycles. The van der Waals surface area contributed by atoms with Gasteiger partial charge in [-0.3, -0.25) is 4.79 Å². The molecule has 0 fully saturated rings. The van der Waals surface area contributed by atoms with E-state index < -0.39 is 6.10 Å². The molecule has 2 heterocycles. The third-order valence-electron chi connectivity index (χ3n) is 3.56. The summed E-state index contributed by atoms with van der Waals surface area (Å²) in [5, 5.41) is 2.92. The molecule has 0 aliphatic rings. The van der Waals surface area contributed by atoms with Gasteiger partial charge in [0.25, 0.3) is 5.91 Å². The predicted molar refractivity (Wildman–Crippen MR) is 95.3 cm³/mol. The minimum absolute atomic E-state index is 0.106. The van der Waals surface area contributed by atoms with E-state index in [0.717, 1.165) is 12.0 Å². The number of rotatable bonds is 7. The third-order valence-corrected chi connectivity index (χ3v) is 4.76. The van der Waals surface area contributed by atoms with Crippen molar-refractivity contribution in [3.05, 3.63) is 65.9 Å². The second kappa shape index (κ2) is 7.84. The lowest BCUT2D eigenvalue weighted by Gasteiger charge is -2.14. The van der Waals surface area contributed by atoms with E-state index in [-0.39, 0.29) is 5.91 Å². The van der Waals surface area contributed by atoms with Crippen LogP contribution in [-0.4, -0.2) is 18.6 Å². The summed E-state index contributed by atoms with van der Waals surface area (Å²) < 4.78 is 10.7. The molecule has 3 rings (SSSR count). The number of thiophene rings is 1. The van der Waals surface area contributed by atoms with Crippen molar-refractivity contribution in [2.45, 2.75) is 19.4 Å². The van der Waals surface area contributed by atoms with E-state index in [9.17, 15) is 4.79 Å². The highest BCUT2D eigenvalue weighted by Gasteiger charge is 2.14. The van der Waals surface area contributed by atoms with Gasteiger partial charge in [0.15, 0.2) is 6.10 Å². The number of hydrogen-bond donors (Lipinski definition) is 1. The van der Waals surface area contributed by atoms with E-state index in [0.29, 0.717) is 12.3 Å². The summed E-state index contributed by atoms with van der Waals surface area (Å²) in [6, 6.07) is 15.5. The quantitative estimate of drug-likeness (QED) is 0.703. The van der Waals surface area contributed by atoms with E-state index in [1.54, 1.807) is 30.8 Å². The number of hydrogen-bond acceptors (Lipinski definition) is 4. The van der Waals surface area contributed by atoms with Crippen LogP contribution in [0, 0.1) is 0 Å². The lowest BCUT2D eigenvalue weighted by atomic mass is 10.2. The SMILES string of the molecule is C[C@H](Oc1ccccc1)C(=O)NCCc1ccc(-c2ccoc2)s1. The number of benzene rings is 1. The maximum absolute atomic E-state index is 12.1. The molecule has 0 saturated carbocycles. The smallest absolute Gasteiger partial charge is 0.260 e. The first-order chi connectivity index (χ1) is 11.7. The van der Waals surface area contributed by atoms with Gasteiger partial charge in [-0.2, -0.15) is 0 Å². The molecule has 1 aromatic carbocycles. The summed E-state index contributed by atoms with van der Waals surface area (Å²) in [4.78, 5) is 14.5. The van der Waals surface area contributed by atoms with Crippen LogP contribution < -0.4 is 10.1 Å². The van der Waals surface area contributed by atoms with E-state index in [2.05, 4.69) is 17.4 Å². The highest BCUT2D eigenvalue weighted by Crippen LogP contribution is 2.28. The number of carbonyl (C=O) groups is 1.